The van der Waals surface area contributed by atoms with Crippen LogP contribution in [0.25, 0.3) is 21.8 Å². The number of carbonyl (C=O) groups is 2. The Morgan fingerprint density at radius 2 is 1.55 bits per heavy atom. The minimum atomic E-state index is -0.568. The second-order valence-electron chi connectivity index (χ2n) is 6.85. The summed E-state index contributed by atoms with van der Waals surface area (Å²) in [6, 6.07) is 14.4. The lowest BCUT2D eigenvalue weighted by Gasteiger charge is -2.15. The van der Waals surface area contributed by atoms with Gasteiger partial charge in [0.25, 0.3) is 5.91 Å². The predicted octanol–water partition coefficient (Wildman–Crippen LogP) is 3.57. The number of benzene rings is 2. The topological polar surface area (TPSA) is 94.2 Å². The van der Waals surface area contributed by atoms with Crippen LogP contribution in [-0.2, 0) is 11.3 Å². The predicted molar refractivity (Wildman–Crippen MR) is 117 cm³/mol. The van der Waals surface area contributed by atoms with Gasteiger partial charge in [-0.3, -0.25) is 14.4 Å². The van der Waals surface area contributed by atoms with Crippen molar-refractivity contribution in [1.82, 2.24) is 4.57 Å². The molecule has 0 saturated heterocycles. The van der Waals surface area contributed by atoms with E-state index in [0.717, 1.165) is 10.4 Å². The van der Waals surface area contributed by atoms with Gasteiger partial charge in [-0.25, -0.2) is 0 Å². The molecule has 0 radical (unpaired) electrons. The van der Waals surface area contributed by atoms with E-state index in [2.05, 4.69) is 5.32 Å². The molecule has 146 valence electrons. The lowest BCUT2D eigenvalue weighted by Crippen LogP contribution is -2.23. The number of primary amides is 1. The highest BCUT2D eigenvalue weighted by Crippen LogP contribution is 2.32. The summed E-state index contributed by atoms with van der Waals surface area (Å²) in [5.41, 5.74) is 7.92. The molecule has 2 aromatic heterocycles. The fourth-order valence-electron chi connectivity index (χ4n) is 3.57. The summed E-state index contributed by atoms with van der Waals surface area (Å²) >= 11 is 1.33. The van der Waals surface area contributed by atoms with Gasteiger partial charge in [0.15, 0.2) is 5.43 Å². The van der Waals surface area contributed by atoms with Crippen LogP contribution in [0, 0.1) is 13.8 Å². The van der Waals surface area contributed by atoms with Crippen LogP contribution in [0.3, 0.4) is 0 Å². The van der Waals surface area contributed by atoms with Crippen LogP contribution in [0.15, 0.2) is 53.3 Å². The Morgan fingerprint density at radius 1 is 1.00 bits per heavy atom. The van der Waals surface area contributed by atoms with Gasteiger partial charge in [-0.1, -0.05) is 24.3 Å². The van der Waals surface area contributed by atoms with Crippen molar-refractivity contribution >= 4 is 50.0 Å². The number of amides is 2. The number of thiophene rings is 1. The second kappa shape index (κ2) is 7.18. The number of aryl methyl sites for hydroxylation is 1. The van der Waals surface area contributed by atoms with Crippen LogP contribution in [0.4, 0.5) is 5.00 Å². The third-order valence-corrected chi connectivity index (χ3v) is 6.19. The second-order valence-corrected chi connectivity index (χ2v) is 8.07. The van der Waals surface area contributed by atoms with Gasteiger partial charge in [0.1, 0.15) is 11.5 Å². The van der Waals surface area contributed by atoms with Gasteiger partial charge in [0.05, 0.1) is 16.6 Å². The SMILES string of the molecule is Cc1sc(NC(=O)Cn2c3ccccc3c(=O)c3ccccc32)c(C(N)=O)c1C. The van der Waals surface area contributed by atoms with E-state index < -0.39 is 5.91 Å². The fraction of sp³-hybridized carbons (Fsp3) is 0.136. The Balaban J connectivity index is 1.80. The number of hydrogen-bond acceptors (Lipinski definition) is 4. The van der Waals surface area contributed by atoms with E-state index >= 15 is 0 Å². The van der Waals surface area contributed by atoms with E-state index in [1.807, 2.05) is 42.7 Å². The zero-order valence-electron chi connectivity index (χ0n) is 16.0. The molecule has 0 bridgehead atoms. The largest absolute Gasteiger partial charge is 0.365 e. The third kappa shape index (κ3) is 3.19. The van der Waals surface area contributed by atoms with Crippen molar-refractivity contribution in [3.8, 4) is 0 Å². The molecule has 2 aromatic carbocycles. The molecule has 0 unspecified atom stereocenters. The van der Waals surface area contributed by atoms with Crippen molar-refractivity contribution in [2.75, 3.05) is 5.32 Å². The van der Waals surface area contributed by atoms with E-state index in [4.69, 9.17) is 5.73 Å². The quantitative estimate of drug-likeness (QED) is 0.508. The Hall–Kier alpha value is -3.45. The summed E-state index contributed by atoms with van der Waals surface area (Å²) in [7, 11) is 0. The van der Waals surface area contributed by atoms with Crippen LogP contribution in [0.2, 0.25) is 0 Å². The molecule has 0 spiro atoms. The molecule has 0 fully saturated rings. The van der Waals surface area contributed by atoms with Gasteiger partial charge in [-0.2, -0.15) is 0 Å². The fourth-order valence-corrected chi connectivity index (χ4v) is 4.65. The van der Waals surface area contributed by atoms with Crippen LogP contribution in [0.1, 0.15) is 20.8 Å². The van der Waals surface area contributed by atoms with Crippen molar-refractivity contribution in [2.45, 2.75) is 20.4 Å². The molecule has 3 N–H and O–H groups in total. The molecule has 4 rings (SSSR count). The summed E-state index contributed by atoms with van der Waals surface area (Å²) in [5.74, 6) is -0.867. The van der Waals surface area contributed by atoms with Crippen molar-refractivity contribution < 1.29 is 9.59 Å². The first-order valence-corrected chi connectivity index (χ1v) is 9.90. The zero-order chi connectivity index (χ0) is 20.7. The maximum absolute atomic E-state index is 12.9. The number of fused-ring (bicyclic) bond motifs is 2. The van der Waals surface area contributed by atoms with Crippen LogP contribution in [0.5, 0.6) is 0 Å². The van der Waals surface area contributed by atoms with E-state index in [1.54, 1.807) is 24.3 Å². The van der Waals surface area contributed by atoms with E-state index in [-0.39, 0.29) is 17.9 Å². The number of nitrogens with two attached hydrogens (primary N) is 1. The summed E-state index contributed by atoms with van der Waals surface area (Å²) < 4.78 is 1.82. The first-order chi connectivity index (χ1) is 13.9. The van der Waals surface area contributed by atoms with Gasteiger partial charge in [-0.05, 0) is 43.7 Å². The Kier molecular flexibility index (Phi) is 4.68. The summed E-state index contributed by atoms with van der Waals surface area (Å²) in [6.45, 7) is 3.69. The van der Waals surface area contributed by atoms with Gasteiger partial charge in [0, 0.05) is 15.6 Å². The lowest BCUT2D eigenvalue weighted by atomic mass is 10.1. The number of pyridine rings is 1. The smallest absolute Gasteiger partial charge is 0.251 e. The number of rotatable bonds is 4. The minimum absolute atomic E-state index is 0.00446. The Morgan fingerprint density at radius 3 is 2.10 bits per heavy atom. The number of nitrogens with zero attached hydrogens (tertiary/aromatic N) is 1. The van der Waals surface area contributed by atoms with Crippen LogP contribution in [-0.4, -0.2) is 16.4 Å². The first-order valence-electron chi connectivity index (χ1n) is 9.08. The molecule has 7 heteroatoms. The Labute approximate surface area is 170 Å². The normalized spacial score (nSPS) is 11.1. The number of nitrogens with one attached hydrogen (secondary N) is 1. The first kappa shape index (κ1) is 18.9. The summed E-state index contributed by atoms with van der Waals surface area (Å²) in [6.07, 6.45) is 0. The third-order valence-electron chi connectivity index (χ3n) is 5.07. The van der Waals surface area contributed by atoms with Crippen molar-refractivity contribution in [1.29, 1.82) is 0 Å². The van der Waals surface area contributed by atoms with Gasteiger partial charge < -0.3 is 15.6 Å². The molecule has 6 nitrogen and oxygen atoms in total. The van der Waals surface area contributed by atoms with E-state index in [1.165, 1.54) is 11.3 Å². The van der Waals surface area contributed by atoms with E-state index in [0.29, 0.717) is 32.4 Å². The van der Waals surface area contributed by atoms with Crippen molar-refractivity contribution in [3.05, 3.63) is 74.8 Å². The van der Waals surface area contributed by atoms with E-state index in [9.17, 15) is 14.4 Å². The van der Waals surface area contributed by atoms with Crippen LogP contribution < -0.4 is 16.5 Å². The minimum Gasteiger partial charge on any atom is -0.365 e. The lowest BCUT2D eigenvalue weighted by molar-refractivity contribution is -0.116. The van der Waals surface area contributed by atoms with Gasteiger partial charge >= 0.3 is 0 Å². The molecule has 0 aliphatic carbocycles. The number of anilines is 1. The zero-order valence-corrected chi connectivity index (χ0v) is 16.8. The molecule has 0 atom stereocenters. The molecule has 2 amide bonds. The monoisotopic (exact) mass is 405 g/mol. The van der Waals surface area contributed by atoms with Gasteiger partial charge in [0.2, 0.25) is 5.91 Å². The molecule has 0 saturated carbocycles. The average molecular weight is 405 g/mol. The standard InChI is InChI=1S/C22H19N3O3S/c1-12-13(2)29-22(19(12)21(23)28)24-18(26)11-25-16-9-5-3-7-14(16)20(27)15-8-4-6-10-17(15)25/h3-10H,11H2,1-2H3,(H2,23,28)(H,24,26). The highest BCUT2D eigenvalue weighted by Gasteiger charge is 2.20. The highest BCUT2D eigenvalue weighted by molar-refractivity contribution is 7.16. The molecule has 0 aliphatic rings. The number of aromatic nitrogens is 1. The van der Waals surface area contributed by atoms with Crippen molar-refractivity contribution in [3.63, 3.8) is 0 Å². The summed E-state index contributed by atoms with van der Waals surface area (Å²) in [4.78, 5) is 38.5. The number of para-hydroxylation sites is 2. The molecular weight excluding hydrogens is 386 g/mol. The summed E-state index contributed by atoms with van der Waals surface area (Å²) in [5, 5.41) is 4.39. The maximum atomic E-state index is 12.9. The molecular formula is C22H19N3O3S. The molecule has 4 aromatic rings. The Bertz CT molecular complexity index is 1290. The number of hydrogen-bond donors (Lipinski definition) is 2. The maximum Gasteiger partial charge on any atom is 0.251 e. The molecule has 0 aliphatic heterocycles. The molecule has 29 heavy (non-hydrogen) atoms. The molecule has 2 heterocycles. The van der Waals surface area contributed by atoms with Crippen molar-refractivity contribution in [2.24, 2.45) is 5.73 Å². The average Bonchev–Trinajstić information content (AvgIpc) is 2.98. The van der Waals surface area contributed by atoms with Crippen LogP contribution >= 0.6 is 11.3 Å². The number of carbonyl (C=O) groups excluding carboxylic acids is 2. The highest BCUT2D eigenvalue weighted by atomic mass is 32.1. The van der Waals surface area contributed by atoms with Gasteiger partial charge in [-0.15, -0.1) is 11.3 Å².